The van der Waals surface area contributed by atoms with Gasteiger partial charge in [-0.3, -0.25) is 0 Å². The molecule has 0 fully saturated rings. The third-order valence-corrected chi connectivity index (χ3v) is 2.96. The van der Waals surface area contributed by atoms with Crippen molar-refractivity contribution in [1.29, 1.82) is 0 Å². The summed E-state index contributed by atoms with van der Waals surface area (Å²) in [6, 6.07) is 13.7. The molecule has 17 heavy (non-hydrogen) atoms. The van der Waals surface area contributed by atoms with E-state index in [1.165, 1.54) is 4.57 Å². The van der Waals surface area contributed by atoms with Crippen molar-refractivity contribution in [2.75, 3.05) is 0 Å². The van der Waals surface area contributed by atoms with Gasteiger partial charge >= 0.3 is 5.69 Å². The van der Waals surface area contributed by atoms with Gasteiger partial charge in [0.05, 0.1) is 5.69 Å². The van der Waals surface area contributed by atoms with Crippen molar-refractivity contribution in [2.24, 2.45) is 0 Å². The first-order valence-corrected chi connectivity index (χ1v) is 5.56. The minimum Gasteiger partial charge on any atom is -0.246 e. The van der Waals surface area contributed by atoms with Gasteiger partial charge < -0.3 is 0 Å². The van der Waals surface area contributed by atoms with Crippen LogP contribution in [0, 0.1) is 0 Å². The first-order chi connectivity index (χ1) is 8.27. The number of nitrogens with one attached hydrogen (secondary N) is 1. The summed E-state index contributed by atoms with van der Waals surface area (Å²) in [6.07, 6.45) is 0. The zero-order chi connectivity index (χ0) is 11.8. The summed E-state index contributed by atoms with van der Waals surface area (Å²) in [5.74, 6) is 0. The first kappa shape index (κ1) is 10.2. The Labute approximate surface area is 102 Å². The molecule has 3 rings (SSSR count). The molecule has 0 atom stereocenters. The van der Waals surface area contributed by atoms with E-state index in [0.717, 1.165) is 16.5 Å². The normalized spacial score (nSPS) is 10.9. The van der Waals surface area contributed by atoms with Crippen molar-refractivity contribution in [3.8, 4) is 5.69 Å². The zero-order valence-electron chi connectivity index (χ0n) is 8.79. The average molecular weight is 243 g/mol. The number of fused-ring (bicyclic) bond motifs is 1. The molecule has 0 radical (unpaired) electrons. The predicted octanol–water partition coefficient (Wildman–Crippen LogP) is 2.00. The van der Waals surface area contributed by atoms with Crippen LogP contribution in [0.2, 0.25) is 0 Å². The third-order valence-electron chi connectivity index (χ3n) is 2.66. The summed E-state index contributed by atoms with van der Waals surface area (Å²) in [5.41, 5.74) is 0.498. The van der Waals surface area contributed by atoms with Gasteiger partial charge in [0.1, 0.15) is 0 Å². The van der Waals surface area contributed by atoms with Gasteiger partial charge in [0.25, 0.3) is 0 Å². The Morgan fingerprint density at radius 1 is 1.12 bits per heavy atom. The van der Waals surface area contributed by atoms with Crippen molar-refractivity contribution >= 4 is 23.4 Å². The minimum atomic E-state index is -0.286. The highest BCUT2D eigenvalue weighted by molar-refractivity contribution is 7.80. The number of benzene rings is 2. The molecule has 3 aromatic rings. The fraction of sp³-hybridized carbons (Fsp3) is 0. The smallest absolute Gasteiger partial charge is 0.246 e. The van der Waals surface area contributed by atoms with Crippen LogP contribution in [-0.4, -0.2) is 14.8 Å². The third kappa shape index (κ3) is 1.55. The summed E-state index contributed by atoms with van der Waals surface area (Å²) in [5, 5.41) is 8.59. The average Bonchev–Trinajstić information content (AvgIpc) is 2.69. The van der Waals surface area contributed by atoms with Crippen LogP contribution in [0.5, 0.6) is 0 Å². The fourth-order valence-corrected chi connectivity index (χ4v) is 2.16. The van der Waals surface area contributed by atoms with Crippen molar-refractivity contribution in [3.63, 3.8) is 0 Å². The van der Waals surface area contributed by atoms with E-state index in [1.54, 1.807) is 0 Å². The minimum absolute atomic E-state index is 0.286. The van der Waals surface area contributed by atoms with Crippen LogP contribution in [-0.2, 0) is 0 Å². The van der Waals surface area contributed by atoms with Crippen molar-refractivity contribution in [1.82, 2.24) is 14.8 Å². The number of aromatic nitrogens is 3. The number of H-pyrrole nitrogens is 1. The molecule has 0 amide bonds. The predicted molar refractivity (Wildman–Crippen MR) is 68.9 cm³/mol. The van der Waals surface area contributed by atoms with Gasteiger partial charge in [0, 0.05) is 5.39 Å². The van der Waals surface area contributed by atoms with E-state index in [2.05, 4.69) is 22.8 Å². The lowest BCUT2D eigenvalue weighted by molar-refractivity contribution is 0.882. The molecule has 0 aliphatic carbocycles. The van der Waals surface area contributed by atoms with E-state index in [9.17, 15) is 4.79 Å². The molecule has 4 nitrogen and oxygen atoms in total. The molecule has 0 saturated carbocycles. The van der Waals surface area contributed by atoms with Crippen LogP contribution >= 0.6 is 12.6 Å². The van der Waals surface area contributed by atoms with E-state index < -0.39 is 0 Å². The van der Waals surface area contributed by atoms with E-state index in [-0.39, 0.29) is 5.69 Å². The molecule has 0 spiro atoms. The maximum Gasteiger partial charge on any atom is 0.348 e. The molecule has 1 heterocycles. The Balaban J connectivity index is 2.43. The molecule has 0 aliphatic heterocycles. The van der Waals surface area contributed by atoms with Crippen LogP contribution in [0.15, 0.2) is 52.4 Å². The van der Waals surface area contributed by atoms with Crippen LogP contribution in [0.1, 0.15) is 0 Å². The lowest BCUT2D eigenvalue weighted by atomic mass is 10.1. The summed E-state index contributed by atoms with van der Waals surface area (Å²) < 4.78 is 1.45. The fourth-order valence-electron chi connectivity index (χ4n) is 1.91. The largest absolute Gasteiger partial charge is 0.348 e. The van der Waals surface area contributed by atoms with Gasteiger partial charge in [-0.15, -0.1) is 17.7 Å². The van der Waals surface area contributed by atoms with E-state index in [4.69, 9.17) is 0 Å². The number of hydrogen-bond acceptors (Lipinski definition) is 3. The second-order valence-electron chi connectivity index (χ2n) is 3.66. The van der Waals surface area contributed by atoms with Crippen molar-refractivity contribution < 1.29 is 0 Å². The molecule has 0 aliphatic rings. The molecule has 5 heteroatoms. The van der Waals surface area contributed by atoms with Gasteiger partial charge in [-0.05, 0) is 11.5 Å². The van der Waals surface area contributed by atoms with Crippen LogP contribution in [0.3, 0.4) is 0 Å². The van der Waals surface area contributed by atoms with Crippen LogP contribution < -0.4 is 5.69 Å². The van der Waals surface area contributed by atoms with Gasteiger partial charge in [-0.25, -0.2) is 14.5 Å². The number of rotatable bonds is 1. The topological polar surface area (TPSA) is 50.7 Å². The van der Waals surface area contributed by atoms with Gasteiger partial charge in [-0.2, -0.15) is 0 Å². The molecule has 0 saturated heterocycles. The monoisotopic (exact) mass is 243 g/mol. The summed E-state index contributed by atoms with van der Waals surface area (Å²) >= 11 is 4.18. The van der Waals surface area contributed by atoms with E-state index in [1.807, 2.05) is 42.5 Å². The molecule has 2 aromatic carbocycles. The number of thiol groups is 1. The Hall–Kier alpha value is -2.01. The molecule has 0 bridgehead atoms. The van der Waals surface area contributed by atoms with Crippen LogP contribution in [0.4, 0.5) is 0 Å². The highest BCUT2D eigenvalue weighted by atomic mass is 32.1. The first-order valence-electron chi connectivity index (χ1n) is 5.12. The maximum absolute atomic E-state index is 11.7. The zero-order valence-corrected chi connectivity index (χ0v) is 9.69. The van der Waals surface area contributed by atoms with Gasteiger partial charge in [0.15, 0.2) is 5.16 Å². The standard InChI is InChI=1S/C12H9N3OS/c16-11-13-14-12(17)15(11)10-7-3-5-8-4-1-2-6-9(8)10/h1-7H,(H,13,16)(H,14,17). The molecule has 1 aromatic heterocycles. The van der Waals surface area contributed by atoms with Crippen LogP contribution in [0.25, 0.3) is 16.5 Å². The molecule has 0 unspecified atom stereocenters. The number of aromatic amines is 1. The number of nitrogens with zero attached hydrogens (tertiary/aromatic N) is 2. The molecular weight excluding hydrogens is 234 g/mol. The van der Waals surface area contributed by atoms with E-state index >= 15 is 0 Å². The summed E-state index contributed by atoms with van der Waals surface area (Å²) in [6.45, 7) is 0. The quantitative estimate of drug-likeness (QED) is 0.642. The van der Waals surface area contributed by atoms with Crippen molar-refractivity contribution in [3.05, 3.63) is 52.9 Å². The maximum atomic E-state index is 11.7. The Morgan fingerprint density at radius 3 is 2.65 bits per heavy atom. The lowest BCUT2D eigenvalue weighted by Crippen LogP contribution is -2.15. The molecule has 84 valence electrons. The van der Waals surface area contributed by atoms with Gasteiger partial charge in [0.2, 0.25) is 0 Å². The Morgan fingerprint density at radius 2 is 1.88 bits per heavy atom. The highest BCUT2D eigenvalue weighted by Gasteiger charge is 2.09. The second kappa shape index (κ2) is 3.78. The lowest BCUT2D eigenvalue weighted by Gasteiger charge is -2.06. The highest BCUT2D eigenvalue weighted by Crippen LogP contribution is 2.22. The number of hydrogen-bond donors (Lipinski definition) is 2. The molecule has 1 N–H and O–H groups in total. The summed E-state index contributed by atoms with van der Waals surface area (Å²) in [7, 11) is 0. The SMILES string of the molecule is O=c1[nH]nc(S)n1-c1cccc2ccccc12. The van der Waals surface area contributed by atoms with Gasteiger partial charge in [-0.1, -0.05) is 36.4 Å². The Bertz CT molecular complexity index is 739. The second-order valence-corrected chi connectivity index (χ2v) is 4.06. The molecular formula is C12H9N3OS. The Kier molecular flexibility index (Phi) is 2.26. The van der Waals surface area contributed by atoms with Crippen molar-refractivity contribution in [2.45, 2.75) is 5.16 Å². The summed E-state index contributed by atoms with van der Waals surface area (Å²) in [4.78, 5) is 11.7. The van der Waals surface area contributed by atoms with E-state index in [0.29, 0.717) is 5.16 Å².